The Hall–Kier alpha value is -0.870. The number of aryl methyl sites for hydroxylation is 1. The first kappa shape index (κ1) is 8.23. The Balaban J connectivity index is 2.83. The highest BCUT2D eigenvalue weighted by Gasteiger charge is 2.09. The van der Waals surface area contributed by atoms with E-state index in [2.05, 4.69) is 4.98 Å². The van der Waals surface area contributed by atoms with Gasteiger partial charge in [0.1, 0.15) is 5.82 Å². The van der Waals surface area contributed by atoms with Crippen LogP contribution in [0.3, 0.4) is 0 Å². The minimum atomic E-state index is -0.357. The molecule has 1 heterocycles. The zero-order valence-corrected chi connectivity index (χ0v) is 6.57. The topological polar surface area (TPSA) is 64.1 Å². The predicted octanol–water partition coefficient (Wildman–Crippen LogP) is -0.105. The van der Waals surface area contributed by atoms with Crippen LogP contribution in [0.25, 0.3) is 0 Å². The Morgan fingerprint density at radius 3 is 3.09 bits per heavy atom. The monoisotopic (exact) mass is 155 g/mol. The second-order valence-corrected chi connectivity index (χ2v) is 2.36. The van der Waals surface area contributed by atoms with Crippen LogP contribution >= 0.6 is 0 Å². The van der Waals surface area contributed by atoms with E-state index >= 15 is 0 Å². The van der Waals surface area contributed by atoms with Gasteiger partial charge in [-0.3, -0.25) is 0 Å². The molecule has 0 aliphatic carbocycles. The maximum Gasteiger partial charge on any atom is 0.127 e. The highest BCUT2D eigenvalue weighted by atomic mass is 16.3. The van der Waals surface area contributed by atoms with Crippen molar-refractivity contribution in [2.75, 3.05) is 6.61 Å². The van der Waals surface area contributed by atoms with E-state index < -0.39 is 0 Å². The summed E-state index contributed by atoms with van der Waals surface area (Å²) in [5.41, 5.74) is 5.58. The summed E-state index contributed by atoms with van der Waals surface area (Å²) >= 11 is 0. The van der Waals surface area contributed by atoms with Crippen LogP contribution in [-0.2, 0) is 6.54 Å². The molecule has 1 atom stereocenters. The Morgan fingerprint density at radius 2 is 2.55 bits per heavy atom. The minimum absolute atomic E-state index is 0.0585. The van der Waals surface area contributed by atoms with E-state index in [0.29, 0.717) is 0 Å². The van der Waals surface area contributed by atoms with Crippen molar-refractivity contribution in [3.8, 4) is 0 Å². The lowest BCUT2D eigenvalue weighted by atomic mass is 10.3. The standard InChI is InChI=1S/C7H13N3O/c1-2-10-4-3-9-7(10)6(8)5-11/h3-4,6,11H,2,5,8H2,1H3/t6-/m0/s1. The van der Waals surface area contributed by atoms with Gasteiger partial charge < -0.3 is 15.4 Å². The largest absolute Gasteiger partial charge is 0.394 e. The maximum atomic E-state index is 8.75. The van der Waals surface area contributed by atoms with Crippen LogP contribution in [0.4, 0.5) is 0 Å². The van der Waals surface area contributed by atoms with Gasteiger partial charge in [0, 0.05) is 18.9 Å². The van der Waals surface area contributed by atoms with Gasteiger partial charge in [-0.2, -0.15) is 0 Å². The summed E-state index contributed by atoms with van der Waals surface area (Å²) < 4.78 is 1.92. The summed E-state index contributed by atoms with van der Waals surface area (Å²) in [6.07, 6.45) is 3.54. The molecule has 1 aromatic rings. The predicted molar refractivity (Wildman–Crippen MR) is 41.9 cm³/mol. The van der Waals surface area contributed by atoms with E-state index in [4.69, 9.17) is 10.8 Å². The number of hydrogen-bond donors (Lipinski definition) is 2. The first-order valence-corrected chi connectivity index (χ1v) is 3.67. The van der Waals surface area contributed by atoms with Gasteiger partial charge >= 0.3 is 0 Å². The molecule has 4 nitrogen and oxygen atoms in total. The summed E-state index contributed by atoms with van der Waals surface area (Å²) in [6, 6.07) is -0.357. The summed E-state index contributed by atoms with van der Waals surface area (Å²) in [7, 11) is 0. The third-order valence-electron chi connectivity index (χ3n) is 1.62. The second kappa shape index (κ2) is 3.50. The molecule has 0 saturated heterocycles. The molecular formula is C7H13N3O. The highest BCUT2D eigenvalue weighted by molar-refractivity contribution is 4.97. The number of hydrogen-bond acceptors (Lipinski definition) is 3. The zero-order valence-electron chi connectivity index (χ0n) is 6.57. The molecule has 0 radical (unpaired) electrons. The molecule has 4 heteroatoms. The number of aromatic nitrogens is 2. The van der Waals surface area contributed by atoms with E-state index in [0.717, 1.165) is 12.4 Å². The normalized spacial score (nSPS) is 13.4. The van der Waals surface area contributed by atoms with Crippen LogP contribution in [0.1, 0.15) is 18.8 Å². The molecule has 0 aliphatic rings. The lowest BCUT2D eigenvalue weighted by molar-refractivity contribution is 0.261. The molecule has 0 aromatic carbocycles. The SMILES string of the molecule is CCn1ccnc1[C@@H](N)CO. The van der Waals surface area contributed by atoms with E-state index in [1.807, 2.05) is 17.7 Å². The molecule has 0 amide bonds. The molecular weight excluding hydrogens is 142 g/mol. The molecule has 11 heavy (non-hydrogen) atoms. The lowest BCUT2D eigenvalue weighted by Crippen LogP contribution is -2.19. The van der Waals surface area contributed by atoms with E-state index in [-0.39, 0.29) is 12.6 Å². The average molecular weight is 155 g/mol. The van der Waals surface area contributed by atoms with Crippen LogP contribution in [0.15, 0.2) is 12.4 Å². The molecule has 1 rings (SSSR count). The third-order valence-corrected chi connectivity index (χ3v) is 1.62. The first-order chi connectivity index (χ1) is 5.29. The van der Waals surface area contributed by atoms with Crippen molar-refractivity contribution in [2.45, 2.75) is 19.5 Å². The summed E-state index contributed by atoms with van der Waals surface area (Å²) in [6.45, 7) is 2.79. The smallest absolute Gasteiger partial charge is 0.127 e. The van der Waals surface area contributed by atoms with Gasteiger partial charge in [0.05, 0.1) is 12.6 Å². The van der Waals surface area contributed by atoms with Gasteiger partial charge in [-0.15, -0.1) is 0 Å². The van der Waals surface area contributed by atoms with Gasteiger partial charge in [-0.1, -0.05) is 0 Å². The maximum absolute atomic E-state index is 8.75. The van der Waals surface area contributed by atoms with Gasteiger partial charge in [0.2, 0.25) is 0 Å². The Labute approximate surface area is 65.7 Å². The molecule has 0 aliphatic heterocycles. The summed E-state index contributed by atoms with van der Waals surface area (Å²) in [4.78, 5) is 4.04. The lowest BCUT2D eigenvalue weighted by Gasteiger charge is -2.08. The molecule has 1 aromatic heterocycles. The van der Waals surface area contributed by atoms with Crippen molar-refractivity contribution >= 4 is 0 Å². The van der Waals surface area contributed by atoms with Gasteiger partial charge in [-0.05, 0) is 6.92 Å². The van der Waals surface area contributed by atoms with Crippen LogP contribution in [0.5, 0.6) is 0 Å². The summed E-state index contributed by atoms with van der Waals surface area (Å²) in [5, 5.41) is 8.75. The van der Waals surface area contributed by atoms with Crippen molar-refractivity contribution in [3.05, 3.63) is 18.2 Å². The van der Waals surface area contributed by atoms with Crippen molar-refractivity contribution in [3.63, 3.8) is 0 Å². The van der Waals surface area contributed by atoms with Crippen LogP contribution in [0, 0.1) is 0 Å². The van der Waals surface area contributed by atoms with E-state index in [1.54, 1.807) is 6.20 Å². The number of nitrogens with two attached hydrogens (primary N) is 1. The van der Waals surface area contributed by atoms with Crippen molar-refractivity contribution in [2.24, 2.45) is 5.73 Å². The Bertz CT molecular complexity index is 221. The fraction of sp³-hybridized carbons (Fsp3) is 0.571. The van der Waals surface area contributed by atoms with Crippen molar-refractivity contribution < 1.29 is 5.11 Å². The van der Waals surface area contributed by atoms with E-state index in [9.17, 15) is 0 Å². The molecule has 0 fully saturated rings. The quantitative estimate of drug-likeness (QED) is 0.640. The fourth-order valence-electron chi connectivity index (χ4n) is 0.998. The van der Waals surface area contributed by atoms with Crippen molar-refractivity contribution in [1.82, 2.24) is 9.55 Å². The molecule has 0 unspecified atom stereocenters. The third kappa shape index (κ3) is 1.58. The minimum Gasteiger partial charge on any atom is -0.394 e. The van der Waals surface area contributed by atoms with Crippen LogP contribution < -0.4 is 5.73 Å². The van der Waals surface area contributed by atoms with Gasteiger partial charge in [-0.25, -0.2) is 4.98 Å². The van der Waals surface area contributed by atoms with Gasteiger partial charge in [0.25, 0.3) is 0 Å². The fourth-order valence-corrected chi connectivity index (χ4v) is 0.998. The molecule has 0 saturated carbocycles. The number of nitrogens with zero attached hydrogens (tertiary/aromatic N) is 2. The number of rotatable bonds is 3. The first-order valence-electron chi connectivity index (χ1n) is 3.67. The Kier molecular flexibility index (Phi) is 2.62. The van der Waals surface area contributed by atoms with E-state index in [1.165, 1.54) is 0 Å². The molecule has 62 valence electrons. The summed E-state index contributed by atoms with van der Waals surface area (Å²) in [5.74, 6) is 0.745. The number of aliphatic hydroxyl groups is 1. The molecule has 0 spiro atoms. The zero-order chi connectivity index (χ0) is 8.27. The van der Waals surface area contributed by atoms with Crippen LogP contribution in [-0.4, -0.2) is 21.3 Å². The van der Waals surface area contributed by atoms with Crippen molar-refractivity contribution in [1.29, 1.82) is 0 Å². The van der Waals surface area contributed by atoms with Gasteiger partial charge in [0.15, 0.2) is 0 Å². The number of aliphatic hydroxyl groups excluding tert-OH is 1. The molecule has 3 N–H and O–H groups in total. The highest BCUT2D eigenvalue weighted by Crippen LogP contribution is 2.05. The molecule has 0 bridgehead atoms. The Morgan fingerprint density at radius 1 is 1.82 bits per heavy atom. The van der Waals surface area contributed by atoms with Crippen LogP contribution in [0.2, 0.25) is 0 Å². The average Bonchev–Trinajstić information content (AvgIpc) is 2.50. The second-order valence-electron chi connectivity index (χ2n) is 2.36. The number of imidazole rings is 1.